The highest BCUT2D eigenvalue weighted by Crippen LogP contribution is 2.11. The molecule has 1 heterocycles. The van der Waals surface area contributed by atoms with E-state index in [0.29, 0.717) is 5.76 Å². The minimum absolute atomic E-state index is 0.232. The molecule has 0 bridgehead atoms. The molecule has 0 unspecified atom stereocenters. The molecule has 4 nitrogen and oxygen atoms in total. The van der Waals surface area contributed by atoms with Gasteiger partial charge >= 0.3 is 0 Å². The Balaban J connectivity index is 2.16. The Morgan fingerprint density at radius 1 is 1.40 bits per heavy atom. The van der Waals surface area contributed by atoms with Crippen LogP contribution in [-0.4, -0.2) is 17.6 Å². The molecule has 0 fully saturated rings. The average molecular weight is 273 g/mol. The number of aliphatic hydroxyl groups is 1. The van der Waals surface area contributed by atoms with E-state index in [-0.39, 0.29) is 30.2 Å². The van der Waals surface area contributed by atoms with Gasteiger partial charge in [0.05, 0.1) is 18.4 Å². The fourth-order valence-electron chi connectivity index (χ4n) is 1.63. The van der Waals surface area contributed by atoms with Crippen molar-refractivity contribution in [2.75, 3.05) is 6.61 Å². The fourth-order valence-corrected chi connectivity index (χ4v) is 1.63. The second-order valence-corrected chi connectivity index (χ2v) is 3.91. The lowest BCUT2D eigenvalue weighted by atomic mass is 10.1. The largest absolute Gasteiger partial charge is 0.467 e. The monoisotopic (exact) mass is 273 g/mol. The van der Waals surface area contributed by atoms with Crippen LogP contribution in [0.4, 0.5) is 4.39 Å². The lowest BCUT2D eigenvalue weighted by Crippen LogP contribution is -2.23. The second-order valence-electron chi connectivity index (χ2n) is 3.91. The summed E-state index contributed by atoms with van der Waals surface area (Å²) in [6.45, 7) is -0.125. The van der Waals surface area contributed by atoms with Gasteiger partial charge in [0, 0.05) is 5.56 Å². The predicted octanol–water partition coefficient (Wildman–Crippen LogP) is 1.69. The molecule has 1 aromatic carbocycles. The van der Waals surface area contributed by atoms with Crippen molar-refractivity contribution < 1.29 is 18.7 Å². The van der Waals surface area contributed by atoms with Crippen LogP contribution < -0.4 is 5.32 Å². The van der Waals surface area contributed by atoms with Crippen molar-refractivity contribution in [3.8, 4) is 11.8 Å². The minimum Gasteiger partial charge on any atom is -0.467 e. The molecular formula is C15H12FNO3. The highest BCUT2D eigenvalue weighted by Gasteiger charge is 2.11. The van der Waals surface area contributed by atoms with Crippen molar-refractivity contribution in [2.24, 2.45) is 0 Å². The van der Waals surface area contributed by atoms with E-state index >= 15 is 0 Å². The molecule has 0 radical (unpaired) electrons. The number of hydrogen-bond acceptors (Lipinski definition) is 3. The Morgan fingerprint density at radius 2 is 2.25 bits per heavy atom. The zero-order valence-electron chi connectivity index (χ0n) is 10.5. The third-order valence-electron chi connectivity index (χ3n) is 2.53. The van der Waals surface area contributed by atoms with E-state index in [1.165, 1.54) is 18.4 Å². The first-order valence-electron chi connectivity index (χ1n) is 5.90. The molecule has 0 saturated heterocycles. The van der Waals surface area contributed by atoms with Crippen LogP contribution in [0.25, 0.3) is 0 Å². The Bertz CT molecular complexity index is 653. The van der Waals surface area contributed by atoms with E-state index in [4.69, 9.17) is 9.52 Å². The molecule has 1 aromatic heterocycles. The van der Waals surface area contributed by atoms with Gasteiger partial charge in [-0.1, -0.05) is 11.8 Å². The Hall–Kier alpha value is -2.58. The van der Waals surface area contributed by atoms with Gasteiger partial charge in [-0.25, -0.2) is 4.39 Å². The molecule has 2 rings (SSSR count). The number of carbonyl (C=O) groups excluding carboxylic acids is 1. The van der Waals surface area contributed by atoms with Gasteiger partial charge in [0.2, 0.25) is 0 Å². The first kappa shape index (κ1) is 13.8. The van der Waals surface area contributed by atoms with Crippen molar-refractivity contribution in [3.05, 3.63) is 59.3 Å². The van der Waals surface area contributed by atoms with Crippen LogP contribution in [0.5, 0.6) is 0 Å². The molecule has 2 N–H and O–H groups in total. The summed E-state index contributed by atoms with van der Waals surface area (Å²) in [7, 11) is 0. The molecule has 0 atom stereocenters. The summed E-state index contributed by atoms with van der Waals surface area (Å²) in [4.78, 5) is 12.0. The Kier molecular flexibility index (Phi) is 4.53. The van der Waals surface area contributed by atoms with E-state index in [1.807, 2.05) is 0 Å². The summed E-state index contributed by atoms with van der Waals surface area (Å²) < 4.78 is 18.3. The maximum absolute atomic E-state index is 13.2. The maximum Gasteiger partial charge on any atom is 0.252 e. The van der Waals surface area contributed by atoms with Crippen molar-refractivity contribution in [1.82, 2.24) is 5.32 Å². The summed E-state index contributed by atoms with van der Waals surface area (Å²) in [5.74, 6) is 4.69. The number of hydrogen-bond donors (Lipinski definition) is 2. The number of benzene rings is 1. The maximum atomic E-state index is 13.2. The van der Waals surface area contributed by atoms with E-state index < -0.39 is 5.82 Å². The molecule has 2 aromatic rings. The Labute approximate surface area is 115 Å². The van der Waals surface area contributed by atoms with Crippen LogP contribution >= 0.6 is 0 Å². The smallest absolute Gasteiger partial charge is 0.252 e. The van der Waals surface area contributed by atoms with Gasteiger partial charge in [0.15, 0.2) is 0 Å². The molecule has 5 heteroatoms. The summed E-state index contributed by atoms with van der Waals surface area (Å²) in [6, 6.07) is 7.15. The lowest BCUT2D eigenvalue weighted by molar-refractivity contribution is 0.0947. The first-order valence-corrected chi connectivity index (χ1v) is 5.90. The zero-order chi connectivity index (χ0) is 14.4. The average Bonchev–Trinajstić information content (AvgIpc) is 2.96. The van der Waals surface area contributed by atoms with Crippen molar-refractivity contribution in [2.45, 2.75) is 6.54 Å². The van der Waals surface area contributed by atoms with Crippen LogP contribution in [0.2, 0.25) is 0 Å². The minimum atomic E-state index is -0.491. The van der Waals surface area contributed by atoms with Gasteiger partial charge in [-0.05, 0) is 30.3 Å². The van der Waals surface area contributed by atoms with Crippen LogP contribution in [0.3, 0.4) is 0 Å². The summed E-state index contributed by atoms with van der Waals surface area (Å²) in [5, 5.41) is 11.3. The van der Waals surface area contributed by atoms with Crippen LogP contribution in [0.1, 0.15) is 21.7 Å². The molecule has 0 aliphatic rings. The normalized spacial score (nSPS) is 9.70. The molecule has 20 heavy (non-hydrogen) atoms. The zero-order valence-corrected chi connectivity index (χ0v) is 10.5. The third-order valence-corrected chi connectivity index (χ3v) is 2.53. The second kappa shape index (κ2) is 6.55. The first-order chi connectivity index (χ1) is 9.70. The molecule has 0 spiro atoms. The van der Waals surface area contributed by atoms with Crippen LogP contribution in [0, 0.1) is 17.7 Å². The number of carbonyl (C=O) groups is 1. The summed E-state index contributed by atoms with van der Waals surface area (Å²) in [5.41, 5.74) is 0.481. The summed E-state index contributed by atoms with van der Waals surface area (Å²) >= 11 is 0. The third kappa shape index (κ3) is 3.46. The molecule has 0 aliphatic heterocycles. The van der Waals surface area contributed by atoms with Gasteiger partial charge < -0.3 is 14.8 Å². The number of halogens is 1. The van der Waals surface area contributed by atoms with Gasteiger partial charge in [-0.2, -0.15) is 0 Å². The molecule has 1 amide bonds. The van der Waals surface area contributed by atoms with Gasteiger partial charge in [0.25, 0.3) is 5.91 Å². The van der Waals surface area contributed by atoms with Crippen molar-refractivity contribution >= 4 is 5.91 Å². The standard InChI is InChI=1S/C15H12FNO3/c16-12-5-6-14(11(9-12)3-1-7-18)15(19)17-10-13-4-2-8-20-13/h2,4-6,8-9,18H,7,10H2,(H,17,19). The topological polar surface area (TPSA) is 62.5 Å². The number of nitrogens with one attached hydrogen (secondary N) is 1. The lowest BCUT2D eigenvalue weighted by Gasteiger charge is -2.06. The van der Waals surface area contributed by atoms with Crippen molar-refractivity contribution in [3.63, 3.8) is 0 Å². The van der Waals surface area contributed by atoms with E-state index in [9.17, 15) is 9.18 Å². The molecular weight excluding hydrogens is 261 g/mol. The van der Waals surface area contributed by atoms with E-state index in [2.05, 4.69) is 17.2 Å². The highest BCUT2D eigenvalue weighted by atomic mass is 19.1. The summed E-state index contributed by atoms with van der Waals surface area (Å²) in [6.07, 6.45) is 1.51. The van der Waals surface area contributed by atoms with Crippen molar-refractivity contribution in [1.29, 1.82) is 0 Å². The molecule has 0 aliphatic carbocycles. The van der Waals surface area contributed by atoms with Crippen LogP contribution in [0.15, 0.2) is 41.0 Å². The van der Waals surface area contributed by atoms with Gasteiger partial charge in [0.1, 0.15) is 18.2 Å². The van der Waals surface area contributed by atoms with E-state index in [1.54, 1.807) is 12.1 Å². The van der Waals surface area contributed by atoms with E-state index in [0.717, 1.165) is 6.07 Å². The Morgan fingerprint density at radius 3 is 2.95 bits per heavy atom. The number of furan rings is 1. The molecule has 0 saturated carbocycles. The predicted molar refractivity (Wildman–Crippen MR) is 70.2 cm³/mol. The number of amides is 1. The molecule has 102 valence electrons. The number of aliphatic hydroxyl groups excluding tert-OH is 1. The fraction of sp³-hybridized carbons (Fsp3) is 0.133. The quantitative estimate of drug-likeness (QED) is 0.837. The van der Waals surface area contributed by atoms with Gasteiger partial charge in [-0.3, -0.25) is 4.79 Å². The van der Waals surface area contributed by atoms with Crippen LogP contribution in [-0.2, 0) is 6.54 Å². The number of rotatable bonds is 3. The van der Waals surface area contributed by atoms with Gasteiger partial charge in [-0.15, -0.1) is 0 Å². The SMILES string of the molecule is O=C(NCc1ccco1)c1ccc(F)cc1C#CCO. The highest BCUT2D eigenvalue weighted by molar-refractivity contribution is 5.96.